The van der Waals surface area contributed by atoms with Crippen LogP contribution in [0.25, 0.3) is 0 Å². The Morgan fingerprint density at radius 1 is 1.14 bits per heavy atom. The summed E-state index contributed by atoms with van der Waals surface area (Å²) in [6.45, 7) is 3.65. The first-order valence-electron chi connectivity index (χ1n) is 5.21. The number of carbonyl (C=O) groups excluding carboxylic acids is 1. The first-order valence-corrected chi connectivity index (χ1v) is 5.21. The van der Waals surface area contributed by atoms with Crippen LogP contribution in [0.5, 0.6) is 0 Å². The maximum atomic E-state index is 10.5. The second kappa shape index (κ2) is 4.31. The Kier molecular flexibility index (Phi) is 2.87. The molecule has 1 fully saturated rings. The van der Waals surface area contributed by atoms with Crippen LogP contribution >= 0.6 is 0 Å². The van der Waals surface area contributed by atoms with Gasteiger partial charge in [0, 0.05) is 31.9 Å². The van der Waals surface area contributed by atoms with Gasteiger partial charge in [0.1, 0.15) is 0 Å². The molecule has 3 nitrogen and oxygen atoms in total. The van der Waals surface area contributed by atoms with Crippen molar-refractivity contribution in [2.75, 3.05) is 26.2 Å². The third kappa shape index (κ3) is 1.97. The highest BCUT2D eigenvalue weighted by Gasteiger charge is 2.16. The van der Waals surface area contributed by atoms with E-state index in [4.69, 9.17) is 0 Å². The molecule has 0 spiro atoms. The maximum absolute atomic E-state index is 10.5. The van der Waals surface area contributed by atoms with Crippen LogP contribution in [-0.4, -0.2) is 42.4 Å². The Hall–Kier alpha value is -1.25. The summed E-state index contributed by atoms with van der Waals surface area (Å²) in [6, 6.07) is 0. The molecule has 1 saturated heterocycles. The third-order valence-corrected chi connectivity index (χ3v) is 2.80. The predicted molar refractivity (Wildman–Crippen MR) is 55.7 cm³/mol. The number of piperazine rings is 1. The summed E-state index contributed by atoms with van der Waals surface area (Å²) in [7, 11) is 0. The van der Waals surface area contributed by atoms with Crippen LogP contribution in [0.15, 0.2) is 23.9 Å². The average Bonchev–Trinajstić information content (AvgIpc) is 2.30. The highest BCUT2D eigenvalue weighted by atomic mass is 16.1. The SMILES string of the molecule is O=CN1CCN(C2=CCCC=C2)CC1. The molecule has 1 amide bonds. The summed E-state index contributed by atoms with van der Waals surface area (Å²) in [5.74, 6) is 0. The summed E-state index contributed by atoms with van der Waals surface area (Å²) < 4.78 is 0. The molecule has 3 heteroatoms. The molecule has 0 aromatic rings. The molecule has 0 aromatic carbocycles. The molecule has 2 rings (SSSR count). The van der Waals surface area contributed by atoms with Gasteiger partial charge >= 0.3 is 0 Å². The maximum Gasteiger partial charge on any atom is 0.209 e. The number of nitrogens with zero attached hydrogens (tertiary/aromatic N) is 2. The number of carbonyl (C=O) groups is 1. The van der Waals surface area contributed by atoms with E-state index < -0.39 is 0 Å². The van der Waals surface area contributed by atoms with Gasteiger partial charge in [-0.05, 0) is 18.9 Å². The normalized spacial score (nSPS) is 22.1. The number of allylic oxidation sites excluding steroid dienone is 3. The summed E-state index contributed by atoms with van der Waals surface area (Å²) >= 11 is 0. The number of hydrogen-bond acceptors (Lipinski definition) is 2. The molecular weight excluding hydrogens is 176 g/mol. The quantitative estimate of drug-likeness (QED) is 0.609. The largest absolute Gasteiger partial charge is 0.368 e. The molecule has 1 aliphatic heterocycles. The van der Waals surface area contributed by atoms with Crippen LogP contribution in [0.2, 0.25) is 0 Å². The highest BCUT2D eigenvalue weighted by Crippen LogP contribution is 2.15. The molecular formula is C11H16N2O. The van der Waals surface area contributed by atoms with Crippen molar-refractivity contribution in [3.63, 3.8) is 0 Å². The molecule has 0 atom stereocenters. The van der Waals surface area contributed by atoms with Crippen LogP contribution < -0.4 is 0 Å². The van der Waals surface area contributed by atoms with E-state index in [0.717, 1.165) is 45.4 Å². The third-order valence-electron chi connectivity index (χ3n) is 2.80. The summed E-state index contributed by atoms with van der Waals surface area (Å²) in [6.07, 6.45) is 9.97. The lowest BCUT2D eigenvalue weighted by molar-refractivity contribution is -0.119. The molecule has 0 N–H and O–H groups in total. The van der Waals surface area contributed by atoms with Crippen molar-refractivity contribution in [2.24, 2.45) is 0 Å². The fourth-order valence-electron chi connectivity index (χ4n) is 1.92. The van der Waals surface area contributed by atoms with Crippen molar-refractivity contribution in [1.82, 2.24) is 9.80 Å². The van der Waals surface area contributed by atoms with Crippen LogP contribution in [0, 0.1) is 0 Å². The standard InChI is InChI=1S/C11H16N2O/c14-10-12-6-8-13(9-7-12)11-4-2-1-3-5-11/h2,4-5,10H,1,3,6-9H2. The molecule has 0 unspecified atom stereocenters. The van der Waals surface area contributed by atoms with E-state index in [1.807, 2.05) is 4.90 Å². The lowest BCUT2D eigenvalue weighted by Crippen LogP contribution is -2.44. The Bertz CT molecular complexity index is 262. The fraction of sp³-hybridized carbons (Fsp3) is 0.545. The Labute approximate surface area is 84.7 Å². The van der Waals surface area contributed by atoms with E-state index in [9.17, 15) is 4.79 Å². The molecule has 1 heterocycles. The topological polar surface area (TPSA) is 23.6 Å². The predicted octanol–water partition coefficient (Wildman–Crippen LogP) is 0.994. The molecule has 0 aromatic heterocycles. The monoisotopic (exact) mass is 192 g/mol. The van der Waals surface area contributed by atoms with Crippen LogP contribution in [-0.2, 0) is 4.79 Å². The van der Waals surface area contributed by atoms with Crippen molar-refractivity contribution < 1.29 is 4.79 Å². The van der Waals surface area contributed by atoms with Crippen molar-refractivity contribution >= 4 is 6.41 Å². The highest BCUT2D eigenvalue weighted by molar-refractivity contribution is 5.47. The van der Waals surface area contributed by atoms with Gasteiger partial charge in [-0.2, -0.15) is 0 Å². The van der Waals surface area contributed by atoms with Crippen LogP contribution in [0.3, 0.4) is 0 Å². The van der Waals surface area contributed by atoms with Crippen molar-refractivity contribution in [2.45, 2.75) is 12.8 Å². The summed E-state index contributed by atoms with van der Waals surface area (Å²) in [4.78, 5) is 14.7. The Morgan fingerprint density at radius 3 is 2.50 bits per heavy atom. The van der Waals surface area contributed by atoms with Gasteiger partial charge in [0.2, 0.25) is 6.41 Å². The number of hydrogen-bond donors (Lipinski definition) is 0. The van der Waals surface area contributed by atoms with E-state index in [0.29, 0.717) is 0 Å². The van der Waals surface area contributed by atoms with Gasteiger partial charge in [0.15, 0.2) is 0 Å². The average molecular weight is 192 g/mol. The van der Waals surface area contributed by atoms with E-state index in [-0.39, 0.29) is 0 Å². The molecule has 2 aliphatic rings. The Morgan fingerprint density at radius 2 is 1.93 bits per heavy atom. The van der Waals surface area contributed by atoms with Gasteiger partial charge in [0.05, 0.1) is 0 Å². The van der Waals surface area contributed by atoms with Crippen molar-refractivity contribution in [1.29, 1.82) is 0 Å². The van der Waals surface area contributed by atoms with Crippen LogP contribution in [0.4, 0.5) is 0 Å². The van der Waals surface area contributed by atoms with Gasteiger partial charge in [-0.1, -0.05) is 12.2 Å². The lowest BCUT2D eigenvalue weighted by atomic mass is 10.1. The summed E-state index contributed by atoms with van der Waals surface area (Å²) in [5, 5.41) is 0. The second-order valence-corrected chi connectivity index (χ2v) is 3.74. The molecule has 0 radical (unpaired) electrons. The van der Waals surface area contributed by atoms with Gasteiger partial charge in [0.25, 0.3) is 0 Å². The zero-order valence-electron chi connectivity index (χ0n) is 8.35. The first kappa shape index (κ1) is 9.31. The van der Waals surface area contributed by atoms with E-state index in [1.165, 1.54) is 5.70 Å². The smallest absolute Gasteiger partial charge is 0.209 e. The fourth-order valence-corrected chi connectivity index (χ4v) is 1.92. The zero-order chi connectivity index (χ0) is 9.80. The lowest BCUT2D eigenvalue weighted by Gasteiger charge is -2.35. The number of rotatable bonds is 2. The van der Waals surface area contributed by atoms with E-state index >= 15 is 0 Å². The molecule has 76 valence electrons. The first-order chi connectivity index (χ1) is 6.90. The number of amides is 1. The van der Waals surface area contributed by atoms with Gasteiger partial charge in [-0.3, -0.25) is 4.79 Å². The summed E-state index contributed by atoms with van der Waals surface area (Å²) in [5.41, 5.74) is 1.33. The molecule has 0 saturated carbocycles. The van der Waals surface area contributed by atoms with Gasteiger partial charge < -0.3 is 9.80 Å². The van der Waals surface area contributed by atoms with Crippen molar-refractivity contribution in [3.8, 4) is 0 Å². The van der Waals surface area contributed by atoms with Gasteiger partial charge in [-0.25, -0.2) is 0 Å². The molecule has 0 bridgehead atoms. The second-order valence-electron chi connectivity index (χ2n) is 3.74. The minimum Gasteiger partial charge on any atom is -0.368 e. The van der Waals surface area contributed by atoms with E-state index in [1.54, 1.807) is 0 Å². The Balaban J connectivity index is 1.91. The zero-order valence-corrected chi connectivity index (χ0v) is 8.35. The molecule has 1 aliphatic carbocycles. The minimum atomic E-state index is 0.856. The molecule has 14 heavy (non-hydrogen) atoms. The van der Waals surface area contributed by atoms with E-state index in [2.05, 4.69) is 23.1 Å². The minimum absolute atomic E-state index is 0.856. The van der Waals surface area contributed by atoms with Crippen LogP contribution in [0.1, 0.15) is 12.8 Å². The van der Waals surface area contributed by atoms with Gasteiger partial charge in [-0.15, -0.1) is 0 Å². The van der Waals surface area contributed by atoms with Crippen molar-refractivity contribution in [3.05, 3.63) is 23.9 Å².